The van der Waals surface area contributed by atoms with Crippen molar-refractivity contribution in [2.45, 2.75) is 12.8 Å². The first kappa shape index (κ1) is 21.8. The van der Waals surface area contributed by atoms with Crippen LogP contribution in [0.5, 0.6) is 0 Å². The Bertz CT molecular complexity index is 987. The maximum absolute atomic E-state index is 2.36. The fourth-order valence-corrected chi connectivity index (χ4v) is 15.9. The highest BCUT2D eigenvalue weighted by molar-refractivity contribution is 8.37. The zero-order chi connectivity index (χ0) is 21.6. The van der Waals surface area contributed by atoms with Gasteiger partial charge in [-0.3, -0.25) is 0 Å². The van der Waals surface area contributed by atoms with Gasteiger partial charge in [0.15, 0.2) is 0 Å². The molecule has 1 aliphatic heterocycles. The monoisotopic (exact) mass is 470 g/mol. The highest BCUT2D eigenvalue weighted by Crippen LogP contribution is 2.57. The van der Waals surface area contributed by atoms with E-state index in [1.807, 2.05) is 4.35 Å². The Labute approximate surface area is 197 Å². The van der Waals surface area contributed by atoms with Crippen LogP contribution in [0.15, 0.2) is 121 Å². The van der Waals surface area contributed by atoms with E-state index in [1.54, 1.807) is 0 Å². The molecule has 0 bridgehead atoms. The quantitative estimate of drug-likeness (QED) is 0.226. The van der Waals surface area contributed by atoms with Gasteiger partial charge in [0, 0.05) is 4.35 Å². The molecule has 0 unspecified atom stereocenters. The van der Waals surface area contributed by atoms with E-state index >= 15 is 0 Å². The van der Waals surface area contributed by atoms with E-state index < -0.39 is 15.8 Å². The van der Waals surface area contributed by atoms with Crippen LogP contribution in [0, 0.1) is 0 Å². The SMILES string of the molecule is c1ccc(P(C(P(c2ccccc2)c2ccccc2)=S2CCCC2)c2ccccc2)cc1. The molecule has 0 aliphatic carbocycles. The minimum atomic E-state index is -0.554. The molecule has 160 valence electrons. The smallest absolute Gasteiger partial charge is 0.0181 e. The molecule has 1 saturated heterocycles. The van der Waals surface area contributed by atoms with Crippen LogP contribution in [0.2, 0.25) is 0 Å². The summed E-state index contributed by atoms with van der Waals surface area (Å²) < 4.78 is 1.82. The first-order chi connectivity index (χ1) is 15.9. The minimum Gasteiger partial charge on any atom is -0.177 e. The van der Waals surface area contributed by atoms with Gasteiger partial charge >= 0.3 is 0 Å². The minimum absolute atomic E-state index is 0.347. The molecule has 0 radical (unpaired) electrons. The predicted octanol–water partition coefficient (Wildman–Crippen LogP) is 6.40. The van der Waals surface area contributed by atoms with Crippen LogP contribution in [0.25, 0.3) is 0 Å². The third kappa shape index (κ3) is 4.82. The summed E-state index contributed by atoms with van der Waals surface area (Å²) in [7, 11) is -0.761. The number of benzene rings is 4. The molecule has 4 aromatic rings. The molecule has 0 atom stereocenters. The number of hydrogen-bond acceptors (Lipinski definition) is 0. The molecule has 1 aliphatic rings. The second-order valence-electron chi connectivity index (χ2n) is 7.90. The molecule has 0 spiro atoms. The molecule has 0 amide bonds. The van der Waals surface area contributed by atoms with E-state index in [0.29, 0.717) is 10.5 Å². The first-order valence-electron chi connectivity index (χ1n) is 11.3. The van der Waals surface area contributed by atoms with Gasteiger partial charge in [-0.15, -0.1) is 0 Å². The van der Waals surface area contributed by atoms with Crippen molar-refractivity contribution in [3.05, 3.63) is 121 Å². The Morgan fingerprint density at radius 3 is 1.00 bits per heavy atom. The highest BCUT2D eigenvalue weighted by Gasteiger charge is 2.31. The van der Waals surface area contributed by atoms with Crippen LogP contribution in [0.3, 0.4) is 0 Å². The van der Waals surface area contributed by atoms with Crippen molar-refractivity contribution in [1.82, 2.24) is 0 Å². The molecule has 0 N–H and O–H groups in total. The Morgan fingerprint density at radius 2 is 0.719 bits per heavy atom. The van der Waals surface area contributed by atoms with Crippen LogP contribution in [-0.2, 0) is 0 Å². The highest BCUT2D eigenvalue weighted by atomic mass is 32.2. The molecule has 3 heteroatoms. The summed E-state index contributed by atoms with van der Waals surface area (Å²) >= 11 is 0. The van der Waals surface area contributed by atoms with Crippen molar-refractivity contribution in [2.24, 2.45) is 0 Å². The van der Waals surface area contributed by atoms with Gasteiger partial charge in [0.05, 0.1) is 0 Å². The van der Waals surface area contributed by atoms with E-state index in [2.05, 4.69) is 121 Å². The van der Waals surface area contributed by atoms with E-state index in [9.17, 15) is 0 Å². The fourth-order valence-electron chi connectivity index (χ4n) is 4.24. The van der Waals surface area contributed by atoms with Crippen LogP contribution in [0.4, 0.5) is 0 Å². The predicted molar refractivity (Wildman–Crippen MR) is 150 cm³/mol. The second-order valence-corrected chi connectivity index (χ2v) is 15.4. The van der Waals surface area contributed by atoms with Gasteiger partial charge in [0.25, 0.3) is 0 Å². The average Bonchev–Trinajstić information content (AvgIpc) is 3.41. The van der Waals surface area contributed by atoms with E-state index in [1.165, 1.54) is 45.6 Å². The maximum Gasteiger partial charge on any atom is 0.0181 e. The number of rotatable bonds is 6. The van der Waals surface area contributed by atoms with Crippen molar-refractivity contribution in [3.8, 4) is 0 Å². The topological polar surface area (TPSA) is 0 Å². The lowest BCUT2D eigenvalue weighted by atomic mass is 10.4. The average molecular weight is 471 g/mol. The van der Waals surface area contributed by atoms with Gasteiger partial charge in [-0.2, -0.15) is 10.5 Å². The molecule has 32 heavy (non-hydrogen) atoms. The zero-order valence-electron chi connectivity index (χ0n) is 18.2. The Hall–Kier alpha value is -2.04. The first-order valence-corrected chi connectivity index (χ1v) is 15.5. The number of hydrogen-bond donors (Lipinski definition) is 0. The van der Waals surface area contributed by atoms with Gasteiger partial charge in [0.1, 0.15) is 0 Å². The van der Waals surface area contributed by atoms with Gasteiger partial charge in [-0.25, -0.2) is 0 Å². The van der Waals surface area contributed by atoms with Crippen molar-refractivity contribution >= 4 is 51.9 Å². The molecular weight excluding hydrogens is 442 g/mol. The normalized spacial score (nSPS) is 14.2. The third-order valence-electron chi connectivity index (χ3n) is 5.73. The van der Waals surface area contributed by atoms with E-state index in [-0.39, 0.29) is 0 Å². The molecule has 0 aromatic heterocycles. The largest absolute Gasteiger partial charge is 0.177 e. The van der Waals surface area contributed by atoms with Crippen LogP contribution in [0.1, 0.15) is 12.8 Å². The summed E-state index contributed by atoms with van der Waals surface area (Å²) in [6.45, 7) is 0. The molecule has 1 heterocycles. The molecule has 1 fully saturated rings. The lowest BCUT2D eigenvalue weighted by Gasteiger charge is -2.32. The van der Waals surface area contributed by atoms with E-state index in [0.717, 1.165) is 0 Å². The van der Waals surface area contributed by atoms with Gasteiger partial charge in [0.2, 0.25) is 0 Å². The van der Waals surface area contributed by atoms with E-state index in [4.69, 9.17) is 0 Å². The Balaban J connectivity index is 1.78. The molecule has 0 saturated carbocycles. The van der Waals surface area contributed by atoms with Gasteiger partial charge in [-0.1, -0.05) is 121 Å². The summed E-state index contributed by atoms with van der Waals surface area (Å²) in [5.74, 6) is 2.71. The molecule has 0 nitrogen and oxygen atoms in total. The fraction of sp³-hybridized carbons (Fsp3) is 0.138. The van der Waals surface area contributed by atoms with Crippen LogP contribution in [-0.4, -0.2) is 15.9 Å². The van der Waals surface area contributed by atoms with Crippen molar-refractivity contribution in [3.63, 3.8) is 0 Å². The molecule has 4 aromatic carbocycles. The Morgan fingerprint density at radius 1 is 0.438 bits per heavy atom. The van der Waals surface area contributed by atoms with Crippen molar-refractivity contribution in [1.29, 1.82) is 0 Å². The summed E-state index contributed by atoms with van der Waals surface area (Å²) in [6, 6.07) is 45.2. The van der Waals surface area contributed by atoms with Gasteiger partial charge < -0.3 is 0 Å². The zero-order valence-corrected chi connectivity index (χ0v) is 20.8. The summed E-state index contributed by atoms with van der Waals surface area (Å²) in [5, 5.41) is 5.95. The maximum atomic E-state index is 2.36. The third-order valence-corrected chi connectivity index (χ3v) is 15.7. The van der Waals surface area contributed by atoms with Crippen LogP contribution >= 0.6 is 26.3 Å². The summed E-state index contributed by atoms with van der Waals surface area (Å²) in [5.41, 5.74) is 0. The van der Waals surface area contributed by atoms with Crippen molar-refractivity contribution < 1.29 is 0 Å². The lowest BCUT2D eigenvalue weighted by molar-refractivity contribution is 0.949. The van der Waals surface area contributed by atoms with Crippen LogP contribution < -0.4 is 21.2 Å². The molecular formula is C29H28P2S. The summed E-state index contributed by atoms with van der Waals surface area (Å²) in [6.07, 6.45) is 2.73. The van der Waals surface area contributed by atoms with Crippen molar-refractivity contribution in [2.75, 3.05) is 11.5 Å². The Kier molecular flexibility index (Phi) is 7.30. The second kappa shape index (κ2) is 10.7. The molecule has 5 rings (SSSR count). The van der Waals surface area contributed by atoms with Gasteiger partial charge in [-0.05, 0) is 61.4 Å². The standard InChI is InChI=1S/C29H28P2S/c1-5-15-25(16-6-1)30(26-17-7-2-8-18-26)29(32-23-13-14-24-32)31(27-19-9-3-10-20-27)28-21-11-4-12-22-28/h1-12,15-22H,13-14,23-24H2. The lowest BCUT2D eigenvalue weighted by Crippen LogP contribution is -2.24. The summed E-state index contributed by atoms with van der Waals surface area (Å²) in [4.78, 5) is 0.